The first kappa shape index (κ1) is 74.3. The van der Waals surface area contributed by atoms with Crippen LogP contribution in [0.3, 0.4) is 0 Å². The van der Waals surface area contributed by atoms with Crippen molar-refractivity contribution in [2.45, 2.75) is 284 Å². The highest BCUT2D eigenvalue weighted by Crippen LogP contribution is 2.15. The Balaban J connectivity index is 4.50. The first-order valence-electron chi connectivity index (χ1n) is 32.3. The number of carbonyl (C=O) groups excluding carboxylic acids is 3. The van der Waals surface area contributed by atoms with Gasteiger partial charge in [0.05, 0.1) is 0 Å². The molecule has 0 spiro atoms. The molecule has 0 heterocycles. The first-order valence-corrected chi connectivity index (χ1v) is 32.3. The quantitative estimate of drug-likeness (QED) is 0.0261. The Kier molecular flexibility index (Phi) is 61.9. The van der Waals surface area contributed by atoms with Crippen LogP contribution in [0.1, 0.15) is 278 Å². The molecule has 0 rings (SSSR count). The second kappa shape index (κ2) is 65.8. The number of ether oxygens (including phenoxy) is 3. The lowest BCUT2D eigenvalue weighted by Gasteiger charge is -2.18. The topological polar surface area (TPSA) is 78.9 Å². The van der Waals surface area contributed by atoms with E-state index in [9.17, 15) is 14.4 Å². The predicted molar refractivity (Wildman–Crippen MR) is 343 cm³/mol. The third-order valence-electron chi connectivity index (χ3n) is 13.3. The van der Waals surface area contributed by atoms with Crippen LogP contribution in [0.5, 0.6) is 0 Å². The normalized spacial score (nSPS) is 13.1. The van der Waals surface area contributed by atoms with Crippen LogP contribution in [0.15, 0.2) is 146 Å². The molecule has 79 heavy (non-hydrogen) atoms. The summed E-state index contributed by atoms with van der Waals surface area (Å²) in [5.74, 6) is -0.937. The van der Waals surface area contributed by atoms with Gasteiger partial charge in [0.1, 0.15) is 13.2 Å². The van der Waals surface area contributed by atoms with Gasteiger partial charge in [-0.05, 0) is 141 Å². The summed E-state index contributed by atoms with van der Waals surface area (Å²) in [4.78, 5) is 38.4. The Bertz CT molecular complexity index is 1730. The molecule has 446 valence electrons. The van der Waals surface area contributed by atoms with Gasteiger partial charge in [0, 0.05) is 19.3 Å². The van der Waals surface area contributed by atoms with Crippen molar-refractivity contribution in [2.24, 2.45) is 0 Å². The molecule has 0 bridgehead atoms. The van der Waals surface area contributed by atoms with Crippen molar-refractivity contribution >= 4 is 17.9 Å². The summed E-state index contributed by atoms with van der Waals surface area (Å²) < 4.78 is 16.9. The summed E-state index contributed by atoms with van der Waals surface area (Å²) in [5, 5.41) is 0. The largest absolute Gasteiger partial charge is 0.462 e. The Morgan fingerprint density at radius 2 is 0.494 bits per heavy atom. The molecule has 0 amide bonds. The van der Waals surface area contributed by atoms with E-state index in [0.717, 1.165) is 167 Å². The SMILES string of the molecule is CC/C=C\C/C=C\C/C=C\C/C=C\C/C=C\CCCCCCCC(=O)OCC(COC(=O)CCCCCCCC/C=C\C/C=C\C/C=C\CCCCC)OC(=O)CCCCCCCCCC/C=C\C/C=C\C/C=C\C/C=C\CC. The molecule has 1 unspecified atom stereocenters. The minimum absolute atomic E-state index is 0.0997. The number of hydrogen-bond donors (Lipinski definition) is 0. The first-order chi connectivity index (χ1) is 39.0. The van der Waals surface area contributed by atoms with Gasteiger partial charge in [-0.25, -0.2) is 0 Å². The van der Waals surface area contributed by atoms with Crippen molar-refractivity contribution in [3.63, 3.8) is 0 Å². The number of unbranched alkanes of at least 4 members (excludes halogenated alkanes) is 22. The van der Waals surface area contributed by atoms with Crippen LogP contribution in [0.4, 0.5) is 0 Å². The third kappa shape index (κ3) is 64.0. The van der Waals surface area contributed by atoms with Gasteiger partial charge < -0.3 is 14.2 Å². The van der Waals surface area contributed by atoms with Gasteiger partial charge in [-0.3, -0.25) is 14.4 Å². The van der Waals surface area contributed by atoms with Crippen molar-refractivity contribution in [3.8, 4) is 0 Å². The molecule has 0 aromatic rings. The minimum Gasteiger partial charge on any atom is -0.462 e. The zero-order valence-corrected chi connectivity index (χ0v) is 51.1. The van der Waals surface area contributed by atoms with E-state index in [1.165, 1.54) is 70.6 Å². The van der Waals surface area contributed by atoms with E-state index in [2.05, 4.69) is 167 Å². The van der Waals surface area contributed by atoms with Crippen molar-refractivity contribution in [1.82, 2.24) is 0 Å². The maximum Gasteiger partial charge on any atom is 0.306 e. The van der Waals surface area contributed by atoms with E-state index in [1.807, 2.05) is 0 Å². The van der Waals surface area contributed by atoms with Gasteiger partial charge in [-0.2, -0.15) is 0 Å². The lowest BCUT2D eigenvalue weighted by Crippen LogP contribution is -2.30. The van der Waals surface area contributed by atoms with Gasteiger partial charge in [-0.15, -0.1) is 0 Å². The lowest BCUT2D eigenvalue weighted by molar-refractivity contribution is -0.167. The van der Waals surface area contributed by atoms with Crippen LogP contribution in [0.2, 0.25) is 0 Å². The molecule has 6 heteroatoms. The number of rotatable bonds is 57. The summed E-state index contributed by atoms with van der Waals surface area (Å²) in [7, 11) is 0. The second-order valence-corrected chi connectivity index (χ2v) is 20.9. The number of hydrogen-bond acceptors (Lipinski definition) is 6. The molecule has 0 aliphatic rings. The lowest BCUT2D eigenvalue weighted by atomic mass is 10.1. The van der Waals surface area contributed by atoms with Crippen molar-refractivity contribution in [2.75, 3.05) is 13.2 Å². The average Bonchev–Trinajstić information content (AvgIpc) is 3.45. The second-order valence-electron chi connectivity index (χ2n) is 20.9. The van der Waals surface area contributed by atoms with Crippen molar-refractivity contribution < 1.29 is 28.6 Å². The van der Waals surface area contributed by atoms with E-state index < -0.39 is 6.10 Å². The summed E-state index contributed by atoms with van der Waals surface area (Å²) in [5.41, 5.74) is 0. The standard InChI is InChI=1S/C73H118O6/c1-4-7-10-13-16-19-22-25-28-31-34-36-39-42-45-48-51-54-57-60-63-66-72(75)78-69-70(68-77-71(74)65-62-59-56-53-50-47-44-41-38-33-30-27-24-21-18-15-12-9-6-3)79-73(76)67-64-61-58-55-52-49-46-43-40-37-35-32-29-26-23-20-17-14-11-8-5-2/h7-8,10-11,16-21,25-30,34-38,41-42,45,70H,4-6,9,12-15,22-24,31-33,39-40,43-44,46-69H2,1-3H3/b10-7-,11-8-,19-16-,20-17-,21-18-,28-25-,29-26-,30-27-,36-34-,37-35-,41-38-,45-42-. The van der Waals surface area contributed by atoms with Crippen LogP contribution in [0.25, 0.3) is 0 Å². The Morgan fingerprint density at radius 3 is 0.772 bits per heavy atom. The number of esters is 3. The monoisotopic (exact) mass is 1090 g/mol. The minimum atomic E-state index is -0.805. The molecule has 0 saturated heterocycles. The summed E-state index contributed by atoms with van der Waals surface area (Å²) >= 11 is 0. The molecule has 0 aromatic heterocycles. The summed E-state index contributed by atoms with van der Waals surface area (Å²) in [6.45, 7) is 6.36. The molecule has 0 fully saturated rings. The fraction of sp³-hybridized carbons (Fsp3) is 0.630. The van der Waals surface area contributed by atoms with Crippen LogP contribution in [0, 0.1) is 0 Å². The van der Waals surface area contributed by atoms with E-state index in [-0.39, 0.29) is 31.1 Å². The van der Waals surface area contributed by atoms with Crippen LogP contribution in [-0.2, 0) is 28.6 Å². The molecule has 0 aliphatic heterocycles. The molecule has 0 saturated carbocycles. The van der Waals surface area contributed by atoms with E-state index in [1.54, 1.807) is 0 Å². The summed E-state index contributed by atoms with van der Waals surface area (Å²) in [6, 6.07) is 0. The fourth-order valence-corrected chi connectivity index (χ4v) is 8.53. The average molecular weight is 1090 g/mol. The highest BCUT2D eigenvalue weighted by molar-refractivity contribution is 5.71. The number of allylic oxidation sites excluding steroid dienone is 24. The molecule has 0 radical (unpaired) electrons. The van der Waals surface area contributed by atoms with E-state index in [4.69, 9.17) is 14.2 Å². The van der Waals surface area contributed by atoms with Crippen LogP contribution >= 0.6 is 0 Å². The van der Waals surface area contributed by atoms with Gasteiger partial charge in [0.15, 0.2) is 6.10 Å². The molecule has 6 nitrogen and oxygen atoms in total. The Hall–Kier alpha value is -4.71. The van der Waals surface area contributed by atoms with Gasteiger partial charge in [-0.1, -0.05) is 263 Å². The fourth-order valence-electron chi connectivity index (χ4n) is 8.53. The highest BCUT2D eigenvalue weighted by atomic mass is 16.6. The molecular weight excluding hydrogens is 973 g/mol. The van der Waals surface area contributed by atoms with Gasteiger partial charge in [0.2, 0.25) is 0 Å². The van der Waals surface area contributed by atoms with Crippen LogP contribution < -0.4 is 0 Å². The van der Waals surface area contributed by atoms with Gasteiger partial charge in [0.25, 0.3) is 0 Å². The Morgan fingerprint density at radius 1 is 0.266 bits per heavy atom. The van der Waals surface area contributed by atoms with Gasteiger partial charge >= 0.3 is 17.9 Å². The smallest absolute Gasteiger partial charge is 0.306 e. The molecule has 0 aromatic carbocycles. The van der Waals surface area contributed by atoms with Crippen molar-refractivity contribution in [3.05, 3.63) is 146 Å². The zero-order valence-electron chi connectivity index (χ0n) is 51.1. The zero-order chi connectivity index (χ0) is 57.1. The molecule has 0 N–H and O–H groups in total. The molecule has 0 aliphatic carbocycles. The highest BCUT2D eigenvalue weighted by Gasteiger charge is 2.19. The maximum absolute atomic E-state index is 12.9. The van der Waals surface area contributed by atoms with E-state index in [0.29, 0.717) is 19.3 Å². The third-order valence-corrected chi connectivity index (χ3v) is 13.3. The number of carbonyl (C=O) groups is 3. The van der Waals surface area contributed by atoms with E-state index >= 15 is 0 Å². The Labute approximate surface area is 487 Å². The van der Waals surface area contributed by atoms with Crippen LogP contribution in [-0.4, -0.2) is 37.2 Å². The summed E-state index contributed by atoms with van der Waals surface area (Å²) in [6.07, 6.45) is 94.1. The molecule has 1 atom stereocenters. The molecular formula is C73H118O6. The maximum atomic E-state index is 12.9. The van der Waals surface area contributed by atoms with Crippen molar-refractivity contribution in [1.29, 1.82) is 0 Å². The predicted octanol–water partition coefficient (Wildman–Crippen LogP) is 22.3.